The van der Waals surface area contributed by atoms with Gasteiger partial charge in [-0.15, -0.1) is 0 Å². The zero-order chi connectivity index (χ0) is 15.3. The van der Waals surface area contributed by atoms with E-state index in [1.54, 1.807) is 4.90 Å². The predicted octanol–water partition coefficient (Wildman–Crippen LogP) is 2.42. The van der Waals surface area contributed by atoms with Crippen LogP contribution in [0.4, 0.5) is 4.79 Å². The van der Waals surface area contributed by atoms with Crippen molar-refractivity contribution in [3.63, 3.8) is 0 Å². The summed E-state index contributed by atoms with van der Waals surface area (Å²) in [7, 11) is 0. The number of carbonyl (C=O) groups is 2. The van der Waals surface area contributed by atoms with Crippen molar-refractivity contribution in [3.05, 3.63) is 0 Å². The van der Waals surface area contributed by atoms with E-state index >= 15 is 0 Å². The van der Waals surface area contributed by atoms with E-state index in [1.807, 2.05) is 18.7 Å². The molecule has 0 aromatic rings. The molecule has 21 heavy (non-hydrogen) atoms. The number of thioether (sulfide) groups is 1. The van der Waals surface area contributed by atoms with E-state index in [4.69, 9.17) is 0 Å². The summed E-state index contributed by atoms with van der Waals surface area (Å²) in [4.78, 5) is 25.4. The lowest BCUT2D eigenvalue weighted by Crippen LogP contribution is -2.43. The molecule has 0 spiro atoms. The van der Waals surface area contributed by atoms with Gasteiger partial charge in [0.1, 0.15) is 0 Å². The molecule has 0 bridgehead atoms. The Hall–Kier alpha value is -0.910. The number of hydrogen-bond acceptors (Lipinski definition) is 3. The van der Waals surface area contributed by atoms with Gasteiger partial charge < -0.3 is 15.3 Å². The summed E-state index contributed by atoms with van der Waals surface area (Å²) in [6.45, 7) is 3.62. The molecule has 2 saturated heterocycles. The molecule has 0 aliphatic carbocycles. The van der Waals surface area contributed by atoms with Gasteiger partial charge >= 0.3 is 12.0 Å². The number of urea groups is 1. The molecule has 0 saturated carbocycles. The largest absolute Gasteiger partial charge is 0.481 e. The van der Waals surface area contributed by atoms with E-state index < -0.39 is 11.4 Å². The second-order valence-corrected chi connectivity index (χ2v) is 7.47. The average molecular weight is 314 g/mol. The van der Waals surface area contributed by atoms with E-state index in [0.717, 1.165) is 13.0 Å². The third-order valence-corrected chi connectivity index (χ3v) is 5.75. The summed E-state index contributed by atoms with van der Waals surface area (Å²) in [5.74, 6) is 2.19. The molecule has 0 aromatic heterocycles. The highest BCUT2D eigenvalue weighted by atomic mass is 32.2. The number of hydrogen-bond donors (Lipinski definition) is 2. The van der Waals surface area contributed by atoms with Gasteiger partial charge in [0, 0.05) is 19.6 Å². The standard InChI is InChI=1S/C15H26N2O3S/c1-2-5-15(13(18)19)6-7-17(11-15)14(20)16-10-12-3-8-21-9-4-12/h12H,2-11H2,1H3,(H,16,20)(H,18,19). The lowest BCUT2D eigenvalue weighted by atomic mass is 9.83. The van der Waals surface area contributed by atoms with Crippen molar-refractivity contribution in [1.82, 2.24) is 10.2 Å². The van der Waals surface area contributed by atoms with Crippen LogP contribution < -0.4 is 5.32 Å². The Morgan fingerprint density at radius 1 is 1.38 bits per heavy atom. The fourth-order valence-electron chi connectivity index (χ4n) is 3.30. The lowest BCUT2D eigenvalue weighted by Gasteiger charge is -2.26. The Bertz CT molecular complexity index is 385. The molecule has 5 nitrogen and oxygen atoms in total. The van der Waals surface area contributed by atoms with E-state index in [2.05, 4.69) is 5.32 Å². The number of carbonyl (C=O) groups excluding carboxylic acids is 1. The number of nitrogens with zero attached hydrogens (tertiary/aromatic N) is 1. The van der Waals surface area contributed by atoms with Crippen LogP contribution in [-0.4, -0.2) is 53.1 Å². The number of carboxylic acids is 1. The van der Waals surface area contributed by atoms with Crippen LogP contribution in [0.2, 0.25) is 0 Å². The third-order valence-electron chi connectivity index (χ3n) is 4.71. The maximum atomic E-state index is 12.2. The third kappa shape index (κ3) is 4.05. The molecule has 2 aliphatic heterocycles. The quantitative estimate of drug-likeness (QED) is 0.817. The number of amides is 2. The molecule has 2 rings (SSSR count). The second kappa shape index (κ2) is 7.38. The van der Waals surface area contributed by atoms with Gasteiger partial charge in [-0.05, 0) is 43.1 Å². The lowest BCUT2D eigenvalue weighted by molar-refractivity contribution is -0.148. The smallest absolute Gasteiger partial charge is 0.317 e. The molecule has 0 radical (unpaired) electrons. The normalized spacial score (nSPS) is 26.8. The Kier molecular flexibility index (Phi) is 5.79. The van der Waals surface area contributed by atoms with E-state index in [-0.39, 0.29) is 6.03 Å². The fraction of sp³-hybridized carbons (Fsp3) is 0.867. The van der Waals surface area contributed by atoms with Crippen molar-refractivity contribution in [2.75, 3.05) is 31.1 Å². The van der Waals surface area contributed by atoms with Crippen molar-refractivity contribution in [1.29, 1.82) is 0 Å². The maximum absolute atomic E-state index is 12.2. The highest BCUT2D eigenvalue weighted by molar-refractivity contribution is 7.99. The molecule has 2 amide bonds. The van der Waals surface area contributed by atoms with Crippen molar-refractivity contribution in [2.24, 2.45) is 11.3 Å². The number of rotatable bonds is 5. The van der Waals surface area contributed by atoms with Crippen LogP contribution in [0.15, 0.2) is 0 Å². The van der Waals surface area contributed by atoms with Crippen LogP contribution in [0, 0.1) is 11.3 Å². The summed E-state index contributed by atoms with van der Waals surface area (Å²) in [5.41, 5.74) is -0.729. The van der Waals surface area contributed by atoms with Crippen molar-refractivity contribution in [3.8, 4) is 0 Å². The molecule has 2 aliphatic rings. The van der Waals surface area contributed by atoms with Gasteiger partial charge in [-0.2, -0.15) is 11.8 Å². The van der Waals surface area contributed by atoms with E-state index in [9.17, 15) is 14.7 Å². The monoisotopic (exact) mass is 314 g/mol. The van der Waals surface area contributed by atoms with Gasteiger partial charge in [0.15, 0.2) is 0 Å². The van der Waals surface area contributed by atoms with Gasteiger partial charge in [-0.3, -0.25) is 4.79 Å². The van der Waals surface area contributed by atoms with Gasteiger partial charge in [-0.25, -0.2) is 4.79 Å². The summed E-state index contributed by atoms with van der Waals surface area (Å²) >= 11 is 1.98. The molecule has 2 fully saturated rings. The Morgan fingerprint density at radius 2 is 2.10 bits per heavy atom. The first-order valence-electron chi connectivity index (χ1n) is 7.91. The highest BCUT2D eigenvalue weighted by Crippen LogP contribution is 2.35. The maximum Gasteiger partial charge on any atom is 0.317 e. The molecule has 1 atom stereocenters. The zero-order valence-corrected chi connectivity index (χ0v) is 13.6. The SMILES string of the molecule is CCCC1(C(=O)O)CCN(C(=O)NCC2CCSCC2)C1. The van der Waals surface area contributed by atoms with E-state index in [0.29, 0.717) is 31.8 Å². The van der Waals surface area contributed by atoms with Crippen LogP contribution in [0.3, 0.4) is 0 Å². The Balaban J connectivity index is 1.82. The van der Waals surface area contributed by atoms with Crippen molar-refractivity contribution >= 4 is 23.8 Å². The van der Waals surface area contributed by atoms with Gasteiger partial charge in [0.25, 0.3) is 0 Å². The van der Waals surface area contributed by atoms with Gasteiger partial charge in [-0.1, -0.05) is 13.3 Å². The molecule has 0 aromatic carbocycles. The molecule has 120 valence electrons. The highest BCUT2D eigenvalue weighted by Gasteiger charge is 2.45. The molecule has 6 heteroatoms. The minimum Gasteiger partial charge on any atom is -0.481 e. The minimum atomic E-state index is -0.760. The number of aliphatic carboxylic acids is 1. The number of carboxylic acid groups (broad SMARTS) is 1. The first-order chi connectivity index (χ1) is 10.1. The summed E-state index contributed by atoms with van der Waals surface area (Å²) in [6, 6.07) is -0.0903. The molecular weight excluding hydrogens is 288 g/mol. The first kappa shape index (κ1) is 16.5. The summed E-state index contributed by atoms with van der Waals surface area (Å²) < 4.78 is 0. The molecule has 2 N–H and O–H groups in total. The van der Waals surface area contributed by atoms with E-state index in [1.165, 1.54) is 24.3 Å². The summed E-state index contributed by atoms with van der Waals surface area (Å²) in [5, 5.41) is 12.5. The molecule has 2 heterocycles. The Morgan fingerprint density at radius 3 is 2.71 bits per heavy atom. The fourth-order valence-corrected chi connectivity index (χ4v) is 4.51. The predicted molar refractivity (Wildman–Crippen MR) is 84.6 cm³/mol. The topological polar surface area (TPSA) is 69.6 Å². The molecule has 1 unspecified atom stereocenters. The van der Waals surface area contributed by atoms with Crippen molar-refractivity contribution < 1.29 is 14.7 Å². The summed E-state index contributed by atoms with van der Waals surface area (Å²) in [6.07, 6.45) is 4.39. The van der Waals surface area contributed by atoms with Crippen LogP contribution in [-0.2, 0) is 4.79 Å². The Labute approximate surface area is 130 Å². The van der Waals surface area contributed by atoms with Crippen LogP contribution in [0.25, 0.3) is 0 Å². The number of likely N-dealkylation sites (tertiary alicyclic amines) is 1. The van der Waals surface area contributed by atoms with Crippen LogP contribution in [0.5, 0.6) is 0 Å². The zero-order valence-electron chi connectivity index (χ0n) is 12.8. The van der Waals surface area contributed by atoms with Gasteiger partial charge in [0.2, 0.25) is 0 Å². The van der Waals surface area contributed by atoms with Crippen molar-refractivity contribution in [2.45, 2.75) is 39.0 Å². The minimum absolute atomic E-state index is 0.0903. The van der Waals surface area contributed by atoms with Crippen LogP contribution in [0.1, 0.15) is 39.0 Å². The number of nitrogens with one attached hydrogen (secondary N) is 1. The second-order valence-electron chi connectivity index (χ2n) is 6.25. The average Bonchev–Trinajstić information content (AvgIpc) is 2.92. The van der Waals surface area contributed by atoms with Crippen LogP contribution >= 0.6 is 11.8 Å². The molecular formula is C15H26N2O3S. The van der Waals surface area contributed by atoms with Gasteiger partial charge in [0.05, 0.1) is 5.41 Å². The first-order valence-corrected chi connectivity index (χ1v) is 9.07.